The van der Waals surface area contributed by atoms with Crippen molar-refractivity contribution in [2.75, 3.05) is 6.61 Å². The fraction of sp³-hybridized carbons (Fsp3) is 0.692. The summed E-state index contributed by atoms with van der Waals surface area (Å²) in [4.78, 5) is 22.1. The first-order valence-electron chi connectivity index (χ1n) is 6.79. The molecule has 126 valence electrons. The number of ether oxygens (including phenoxy) is 2. The van der Waals surface area contributed by atoms with Crippen molar-refractivity contribution in [3.63, 3.8) is 0 Å². The second-order valence-corrected chi connectivity index (χ2v) is 4.87. The summed E-state index contributed by atoms with van der Waals surface area (Å²) < 4.78 is 10.5. The van der Waals surface area contributed by atoms with Gasteiger partial charge in [-0.2, -0.15) is 0 Å². The molecule has 1 aliphatic heterocycles. The number of aliphatic hydroxyl groups is 3. The van der Waals surface area contributed by atoms with E-state index in [2.05, 4.69) is 5.32 Å². The SMILES string of the molecule is CCC(=COC1OC(CO)C(O)C(O)C1NC(C)=O)C(=O)O. The van der Waals surface area contributed by atoms with Gasteiger partial charge in [-0.25, -0.2) is 4.79 Å². The van der Waals surface area contributed by atoms with E-state index in [9.17, 15) is 19.8 Å². The molecule has 1 saturated heterocycles. The molecule has 1 rings (SSSR count). The Balaban J connectivity index is 2.94. The molecule has 1 fully saturated rings. The van der Waals surface area contributed by atoms with Gasteiger partial charge in [0.15, 0.2) is 0 Å². The number of carbonyl (C=O) groups is 2. The predicted octanol–water partition coefficient (Wildman–Crippen LogP) is -1.67. The number of rotatable bonds is 6. The third-order valence-electron chi connectivity index (χ3n) is 3.25. The average molecular weight is 319 g/mol. The summed E-state index contributed by atoms with van der Waals surface area (Å²) in [6, 6.07) is -1.11. The highest BCUT2D eigenvalue weighted by atomic mass is 16.7. The molecule has 1 heterocycles. The van der Waals surface area contributed by atoms with Crippen molar-refractivity contribution in [1.29, 1.82) is 0 Å². The van der Waals surface area contributed by atoms with Crippen LogP contribution >= 0.6 is 0 Å². The van der Waals surface area contributed by atoms with E-state index in [0.717, 1.165) is 6.26 Å². The van der Waals surface area contributed by atoms with Crippen molar-refractivity contribution in [3.8, 4) is 0 Å². The van der Waals surface area contributed by atoms with Crippen molar-refractivity contribution in [2.24, 2.45) is 0 Å². The highest BCUT2D eigenvalue weighted by molar-refractivity contribution is 5.86. The zero-order valence-corrected chi connectivity index (χ0v) is 12.3. The van der Waals surface area contributed by atoms with Crippen LogP contribution in [-0.2, 0) is 19.1 Å². The van der Waals surface area contributed by atoms with E-state index in [1.54, 1.807) is 6.92 Å². The molecule has 0 saturated carbocycles. The molecule has 1 amide bonds. The van der Waals surface area contributed by atoms with Crippen LogP contribution in [-0.4, -0.2) is 69.6 Å². The standard InChI is InChI=1S/C13H21NO8/c1-3-7(12(19)20)5-21-13-9(14-6(2)16)11(18)10(17)8(4-15)22-13/h5,8-11,13,15,17-18H,3-4H2,1-2H3,(H,14,16)(H,19,20). The summed E-state index contributed by atoms with van der Waals surface area (Å²) in [5.41, 5.74) is -0.0358. The molecule has 0 radical (unpaired) electrons. The molecular formula is C13H21NO8. The van der Waals surface area contributed by atoms with Gasteiger partial charge in [0.1, 0.15) is 24.4 Å². The molecule has 0 aromatic heterocycles. The lowest BCUT2D eigenvalue weighted by molar-refractivity contribution is -0.255. The molecule has 1 aliphatic rings. The Morgan fingerprint density at radius 1 is 1.32 bits per heavy atom. The lowest BCUT2D eigenvalue weighted by atomic mass is 9.97. The molecule has 9 nitrogen and oxygen atoms in total. The van der Waals surface area contributed by atoms with Crippen LogP contribution in [0.15, 0.2) is 11.8 Å². The van der Waals surface area contributed by atoms with Crippen LogP contribution in [0.3, 0.4) is 0 Å². The number of nitrogens with one attached hydrogen (secondary N) is 1. The summed E-state index contributed by atoms with van der Waals surface area (Å²) in [5, 5.41) is 40.2. The van der Waals surface area contributed by atoms with Gasteiger partial charge in [0.05, 0.1) is 18.4 Å². The summed E-state index contributed by atoms with van der Waals surface area (Å²) in [7, 11) is 0. The van der Waals surface area contributed by atoms with Crippen molar-refractivity contribution >= 4 is 11.9 Å². The maximum absolute atomic E-state index is 11.2. The number of aliphatic hydroxyl groups excluding tert-OH is 3. The van der Waals surface area contributed by atoms with Crippen molar-refractivity contribution in [1.82, 2.24) is 5.32 Å². The van der Waals surface area contributed by atoms with Gasteiger partial charge in [0.2, 0.25) is 12.2 Å². The third-order valence-corrected chi connectivity index (χ3v) is 3.25. The minimum absolute atomic E-state index is 0.0358. The Morgan fingerprint density at radius 3 is 2.41 bits per heavy atom. The van der Waals surface area contributed by atoms with Crippen molar-refractivity contribution in [2.45, 2.75) is 50.9 Å². The lowest BCUT2D eigenvalue weighted by Crippen LogP contribution is -2.64. The zero-order chi connectivity index (χ0) is 16.9. The molecule has 0 bridgehead atoms. The number of aliphatic carboxylic acids is 1. The van der Waals surface area contributed by atoms with E-state index in [4.69, 9.17) is 19.7 Å². The normalized spacial score (nSPS) is 32.4. The monoisotopic (exact) mass is 319 g/mol. The zero-order valence-electron chi connectivity index (χ0n) is 12.3. The number of carboxylic acid groups (broad SMARTS) is 1. The van der Waals surface area contributed by atoms with Crippen molar-refractivity contribution in [3.05, 3.63) is 11.8 Å². The van der Waals surface area contributed by atoms with E-state index in [1.807, 2.05) is 0 Å². The molecular weight excluding hydrogens is 298 g/mol. The highest BCUT2D eigenvalue weighted by Crippen LogP contribution is 2.22. The minimum atomic E-state index is -1.44. The van der Waals surface area contributed by atoms with Crippen LogP contribution in [0.1, 0.15) is 20.3 Å². The first kappa shape index (κ1) is 18.4. The first-order chi connectivity index (χ1) is 10.3. The molecule has 22 heavy (non-hydrogen) atoms. The smallest absolute Gasteiger partial charge is 0.334 e. The summed E-state index contributed by atoms with van der Waals surface area (Å²) in [6.45, 7) is 2.25. The Kier molecular flexibility index (Phi) is 6.75. The molecule has 0 aliphatic carbocycles. The largest absolute Gasteiger partial charge is 0.478 e. The van der Waals surface area contributed by atoms with Crippen molar-refractivity contribution < 1.29 is 39.5 Å². The van der Waals surface area contributed by atoms with Gasteiger partial charge in [-0.3, -0.25) is 4.79 Å². The fourth-order valence-electron chi connectivity index (χ4n) is 2.02. The number of carbonyl (C=O) groups excluding carboxylic acids is 1. The predicted molar refractivity (Wildman–Crippen MR) is 72.5 cm³/mol. The van der Waals surface area contributed by atoms with Crippen LogP contribution in [0, 0.1) is 0 Å². The Labute approximate surface area is 127 Å². The maximum Gasteiger partial charge on any atom is 0.334 e. The van der Waals surface area contributed by atoms with Crippen LogP contribution in [0.2, 0.25) is 0 Å². The van der Waals surface area contributed by atoms with Gasteiger partial charge >= 0.3 is 5.97 Å². The first-order valence-corrected chi connectivity index (χ1v) is 6.79. The summed E-state index contributed by atoms with van der Waals surface area (Å²) in [5.74, 6) is -1.66. The van der Waals surface area contributed by atoms with Crippen LogP contribution in [0.5, 0.6) is 0 Å². The maximum atomic E-state index is 11.2. The molecule has 9 heteroatoms. The van der Waals surface area contributed by atoms with E-state index in [-0.39, 0.29) is 12.0 Å². The van der Waals surface area contributed by atoms with E-state index in [1.165, 1.54) is 6.92 Å². The quantitative estimate of drug-likeness (QED) is 0.288. The second-order valence-electron chi connectivity index (χ2n) is 4.87. The second kappa shape index (κ2) is 8.08. The Bertz CT molecular complexity index is 438. The van der Waals surface area contributed by atoms with Gasteiger partial charge in [0, 0.05) is 6.92 Å². The molecule has 0 aromatic carbocycles. The van der Waals surface area contributed by atoms with E-state index in [0.29, 0.717) is 0 Å². The number of hydrogen-bond acceptors (Lipinski definition) is 7. The third kappa shape index (κ3) is 4.41. The molecule has 0 aromatic rings. The number of amides is 1. The molecule has 5 unspecified atom stereocenters. The highest BCUT2D eigenvalue weighted by Gasteiger charge is 2.45. The fourth-order valence-corrected chi connectivity index (χ4v) is 2.02. The van der Waals surface area contributed by atoms with Crippen LogP contribution in [0.25, 0.3) is 0 Å². The summed E-state index contributed by atoms with van der Waals surface area (Å²) >= 11 is 0. The van der Waals surface area contributed by atoms with Gasteiger partial charge in [-0.15, -0.1) is 0 Å². The average Bonchev–Trinajstić information content (AvgIpc) is 2.45. The van der Waals surface area contributed by atoms with E-state index < -0.39 is 49.1 Å². The summed E-state index contributed by atoms with van der Waals surface area (Å²) in [6.07, 6.45) is -4.07. The Hall–Kier alpha value is -1.68. The van der Waals surface area contributed by atoms with Crippen LogP contribution < -0.4 is 5.32 Å². The molecule has 0 spiro atoms. The van der Waals surface area contributed by atoms with Gasteiger partial charge < -0.3 is 35.2 Å². The topological polar surface area (TPSA) is 146 Å². The van der Waals surface area contributed by atoms with Gasteiger partial charge in [-0.1, -0.05) is 6.92 Å². The molecule has 5 atom stereocenters. The van der Waals surface area contributed by atoms with Gasteiger partial charge in [0.25, 0.3) is 0 Å². The number of hydrogen-bond donors (Lipinski definition) is 5. The van der Waals surface area contributed by atoms with E-state index >= 15 is 0 Å². The molecule has 5 N–H and O–H groups in total. The number of carboxylic acids is 1. The van der Waals surface area contributed by atoms with Gasteiger partial charge in [-0.05, 0) is 6.42 Å². The lowest BCUT2D eigenvalue weighted by Gasteiger charge is -2.41. The Morgan fingerprint density at radius 2 is 1.95 bits per heavy atom. The minimum Gasteiger partial charge on any atom is -0.478 e. The van der Waals surface area contributed by atoms with Crippen LogP contribution in [0.4, 0.5) is 0 Å².